The molecule has 0 radical (unpaired) electrons. The monoisotopic (exact) mass is 424 g/mol. The van der Waals surface area contributed by atoms with Crippen molar-refractivity contribution in [2.75, 3.05) is 0 Å². The van der Waals surface area contributed by atoms with Crippen LogP contribution in [-0.4, -0.2) is 22.3 Å². The van der Waals surface area contributed by atoms with Gasteiger partial charge in [-0.3, -0.25) is 0 Å². The summed E-state index contributed by atoms with van der Waals surface area (Å²) in [5, 5.41) is 22.5. The summed E-state index contributed by atoms with van der Waals surface area (Å²) >= 11 is 0. The fraction of sp³-hybridized carbons (Fsp3) is 0.296. The van der Waals surface area contributed by atoms with Gasteiger partial charge in [-0.25, -0.2) is 0 Å². The summed E-state index contributed by atoms with van der Waals surface area (Å²) < 4.78 is 8.33. The third kappa shape index (κ3) is 3.93. The first-order valence-electron chi connectivity index (χ1n) is 11.0. The summed E-state index contributed by atoms with van der Waals surface area (Å²) in [6.45, 7) is 10.3. The van der Waals surface area contributed by atoms with E-state index in [1.807, 2.05) is 62.4 Å². The summed E-state index contributed by atoms with van der Waals surface area (Å²) in [5.74, 6) is 0. The maximum atomic E-state index is 11.0. The van der Waals surface area contributed by atoms with Crippen molar-refractivity contribution in [3.8, 4) is 6.07 Å². The molecule has 32 heavy (non-hydrogen) atoms. The minimum atomic E-state index is -1.04. The van der Waals surface area contributed by atoms with Crippen molar-refractivity contribution in [1.82, 2.24) is 4.57 Å². The molecule has 0 unspecified atom stereocenters. The highest BCUT2D eigenvalue weighted by molar-refractivity contribution is 6.53. The zero-order chi connectivity index (χ0) is 23.1. The lowest BCUT2D eigenvalue weighted by atomic mass is 9.72. The maximum Gasteiger partial charge on any atom is 0.491 e. The molecule has 1 heterocycles. The van der Waals surface area contributed by atoms with E-state index in [2.05, 4.69) is 49.6 Å². The smallest absolute Gasteiger partial charge is 0.423 e. The van der Waals surface area contributed by atoms with E-state index in [0.29, 0.717) is 11.0 Å². The van der Waals surface area contributed by atoms with Gasteiger partial charge in [-0.05, 0) is 61.5 Å². The Kier molecular flexibility index (Phi) is 5.62. The van der Waals surface area contributed by atoms with Crippen molar-refractivity contribution in [3.05, 3.63) is 77.8 Å². The average molecular weight is 424 g/mol. The van der Waals surface area contributed by atoms with Crippen molar-refractivity contribution in [3.63, 3.8) is 0 Å². The van der Waals surface area contributed by atoms with Gasteiger partial charge in [-0.15, -0.1) is 0 Å². The Balaban J connectivity index is 1.83. The van der Waals surface area contributed by atoms with Gasteiger partial charge < -0.3 is 14.2 Å². The quantitative estimate of drug-likeness (QED) is 0.504. The van der Waals surface area contributed by atoms with E-state index in [1.165, 1.54) is 0 Å². The Morgan fingerprint density at radius 2 is 1.75 bits per heavy atom. The molecule has 5 heteroatoms. The molecule has 0 atom stereocenters. The third-order valence-corrected chi connectivity index (χ3v) is 6.65. The molecular formula is C27H29BN2O2. The van der Waals surface area contributed by atoms with E-state index in [4.69, 9.17) is 4.65 Å². The highest BCUT2D eigenvalue weighted by atomic mass is 16.5. The largest absolute Gasteiger partial charge is 0.491 e. The van der Waals surface area contributed by atoms with Gasteiger partial charge in [0.2, 0.25) is 0 Å². The third-order valence-electron chi connectivity index (χ3n) is 6.65. The molecule has 4 rings (SSSR count). The van der Waals surface area contributed by atoms with Crippen LogP contribution in [0.5, 0.6) is 0 Å². The topological polar surface area (TPSA) is 58.2 Å². The minimum absolute atomic E-state index is 0.132. The normalized spacial score (nSPS) is 14.8. The molecule has 3 aromatic rings. The van der Waals surface area contributed by atoms with Crippen LogP contribution in [0.1, 0.15) is 46.6 Å². The van der Waals surface area contributed by atoms with Crippen molar-refractivity contribution in [2.45, 2.75) is 46.6 Å². The van der Waals surface area contributed by atoms with E-state index in [9.17, 15) is 10.3 Å². The van der Waals surface area contributed by atoms with Gasteiger partial charge in [-0.1, -0.05) is 57.2 Å². The van der Waals surface area contributed by atoms with Crippen LogP contribution in [0.25, 0.3) is 27.5 Å². The van der Waals surface area contributed by atoms with Gasteiger partial charge in [0.1, 0.15) is 0 Å². The molecule has 2 aromatic carbocycles. The first-order chi connectivity index (χ1) is 15.1. The van der Waals surface area contributed by atoms with Crippen molar-refractivity contribution < 1.29 is 9.68 Å². The number of rotatable bonds is 4. The van der Waals surface area contributed by atoms with Crippen molar-refractivity contribution in [1.29, 1.82) is 5.26 Å². The Hall–Kier alpha value is -3.07. The van der Waals surface area contributed by atoms with Crippen LogP contribution in [0.2, 0.25) is 0 Å². The number of aromatic nitrogens is 1. The predicted molar refractivity (Wildman–Crippen MR) is 133 cm³/mol. The van der Waals surface area contributed by atoms with E-state index in [-0.39, 0.29) is 5.41 Å². The minimum Gasteiger partial charge on any atom is -0.423 e. The first kappa shape index (κ1) is 22.1. The molecule has 0 spiro atoms. The lowest BCUT2D eigenvalue weighted by Gasteiger charge is -2.40. The SMILES string of the molecule is CC(C)(C)C(C)(C)OB(O)C1=CC(n2c3ccccc3c3cc(C#N)ccc32)=CCC=C1. The van der Waals surface area contributed by atoms with Crippen LogP contribution < -0.4 is 0 Å². The standard InChI is InChI=1S/C27H29BN2O2/c1-26(2,3)27(4,5)32-28(31)20-10-6-7-11-21(17-20)30-24-13-9-8-12-22(24)23-16-19(18-29)14-15-25(23)30/h6,8-17,31H,7H2,1-5H3. The second kappa shape index (κ2) is 8.13. The molecule has 0 fully saturated rings. The van der Waals surface area contributed by atoms with Gasteiger partial charge in [-0.2, -0.15) is 5.26 Å². The van der Waals surface area contributed by atoms with E-state index in [0.717, 1.165) is 33.9 Å². The molecule has 0 bridgehead atoms. The summed E-state index contributed by atoms with van der Waals surface area (Å²) in [5.41, 5.74) is 3.76. The van der Waals surface area contributed by atoms with Gasteiger partial charge in [0.25, 0.3) is 0 Å². The molecule has 1 aliphatic rings. The second-order valence-electron chi connectivity index (χ2n) is 9.84. The molecule has 1 aromatic heterocycles. The Morgan fingerprint density at radius 1 is 1.03 bits per heavy atom. The van der Waals surface area contributed by atoms with Crippen LogP contribution in [0.4, 0.5) is 0 Å². The molecule has 0 amide bonds. The average Bonchev–Trinajstić information content (AvgIpc) is 2.88. The summed E-state index contributed by atoms with van der Waals surface area (Å²) in [6, 6.07) is 16.2. The zero-order valence-electron chi connectivity index (χ0n) is 19.4. The number of nitriles is 1. The summed E-state index contributed by atoms with van der Waals surface area (Å²) in [4.78, 5) is 0. The molecular weight excluding hydrogens is 395 g/mol. The van der Waals surface area contributed by atoms with E-state index in [1.54, 1.807) is 0 Å². The maximum absolute atomic E-state index is 11.0. The number of benzene rings is 2. The van der Waals surface area contributed by atoms with Crippen molar-refractivity contribution >= 4 is 34.6 Å². The number of nitrogens with zero attached hydrogens (tertiary/aromatic N) is 2. The molecule has 1 N–H and O–H groups in total. The summed E-state index contributed by atoms with van der Waals surface area (Å²) in [7, 11) is -1.04. The fourth-order valence-electron chi connectivity index (χ4n) is 3.82. The highest BCUT2D eigenvalue weighted by Gasteiger charge is 2.38. The van der Waals surface area contributed by atoms with Crippen LogP contribution in [0, 0.1) is 16.7 Å². The molecule has 4 nitrogen and oxygen atoms in total. The Labute approximate surface area is 190 Å². The number of hydrogen-bond donors (Lipinski definition) is 1. The highest BCUT2D eigenvalue weighted by Crippen LogP contribution is 2.36. The number of para-hydroxylation sites is 1. The fourth-order valence-corrected chi connectivity index (χ4v) is 3.82. The van der Waals surface area contributed by atoms with Crippen LogP contribution in [0.15, 0.2) is 72.2 Å². The molecule has 0 saturated carbocycles. The molecule has 1 aliphatic carbocycles. The first-order valence-corrected chi connectivity index (χ1v) is 11.0. The second-order valence-corrected chi connectivity index (χ2v) is 9.84. The van der Waals surface area contributed by atoms with Gasteiger partial charge in [0, 0.05) is 16.5 Å². The lowest BCUT2D eigenvalue weighted by Crippen LogP contribution is -2.44. The van der Waals surface area contributed by atoms with Crippen LogP contribution >= 0.6 is 0 Å². The van der Waals surface area contributed by atoms with Gasteiger partial charge in [0.05, 0.1) is 28.3 Å². The number of hydrogen-bond acceptors (Lipinski definition) is 3. The summed E-state index contributed by atoms with van der Waals surface area (Å²) in [6.07, 6.45) is 8.87. The van der Waals surface area contributed by atoms with E-state index >= 15 is 0 Å². The van der Waals surface area contributed by atoms with Crippen molar-refractivity contribution in [2.24, 2.45) is 5.41 Å². The Bertz CT molecular complexity index is 1310. The van der Waals surface area contributed by atoms with Crippen LogP contribution in [0.3, 0.4) is 0 Å². The zero-order valence-corrected chi connectivity index (χ0v) is 19.4. The van der Waals surface area contributed by atoms with Gasteiger partial charge >= 0.3 is 7.12 Å². The van der Waals surface area contributed by atoms with E-state index < -0.39 is 12.7 Å². The van der Waals surface area contributed by atoms with Crippen LogP contribution in [-0.2, 0) is 4.65 Å². The van der Waals surface area contributed by atoms with Gasteiger partial charge in [0.15, 0.2) is 0 Å². The lowest BCUT2D eigenvalue weighted by molar-refractivity contribution is -0.0138. The predicted octanol–water partition coefficient (Wildman–Crippen LogP) is 6.25. The molecule has 0 aliphatic heterocycles. The number of fused-ring (bicyclic) bond motifs is 3. The Morgan fingerprint density at radius 3 is 2.47 bits per heavy atom. The number of allylic oxidation sites excluding steroid dienone is 6. The molecule has 162 valence electrons. The molecule has 0 saturated heterocycles.